The molecule has 0 aromatic heterocycles. The van der Waals surface area contributed by atoms with E-state index in [0.717, 1.165) is 19.4 Å². The first-order chi connectivity index (χ1) is 6.59. The summed E-state index contributed by atoms with van der Waals surface area (Å²) in [5.41, 5.74) is 0. The maximum Gasteiger partial charge on any atom is 0.218 e. The highest BCUT2D eigenvalue weighted by molar-refractivity contribution is 7.89. The van der Waals surface area contributed by atoms with Crippen LogP contribution in [0.4, 0.5) is 0 Å². The maximum atomic E-state index is 11.9. The molecule has 82 valence electrons. The Balaban J connectivity index is 2.67. The molecular weight excluding hydrogens is 200 g/mol. The third-order valence-electron chi connectivity index (χ3n) is 2.49. The van der Waals surface area contributed by atoms with Crippen LogP contribution in [0.1, 0.15) is 12.8 Å². The molecule has 0 aromatic carbocycles. The van der Waals surface area contributed by atoms with Crippen LogP contribution in [0.25, 0.3) is 0 Å². The number of rotatable bonds is 4. The summed E-state index contributed by atoms with van der Waals surface area (Å²) in [5, 5.41) is 2.84. The molecule has 0 amide bonds. The quantitative estimate of drug-likeness (QED) is 0.685. The summed E-state index contributed by atoms with van der Waals surface area (Å²) in [6.45, 7) is 5.43. The molecule has 1 aliphatic rings. The van der Waals surface area contributed by atoms with Crippen molar-refractivity contribution in [3.05, 3.63) is 12.7 Å². The van der Waals surface area contributed by atoms with Crippen LogP contribution in [0.3, 0.4) is 0 Å². The average molecular weight is 218 g/mol. The van der Waals surface area contributed by atoms with Gasteiger partial charge in [-0.1, -0.05) is 6.08 Å². The molecule has 1 aliphatic heterocycles. The number of hydrogen-bond donors (Lipinski definition) is 1. The molecule has 1 atom stereocenters. The molecule has 1 heterocycles. The van der Waals surface area contributed by atoms with Crippen molar-refractivity contribution in [3.63, 3.8) is 0 Å². The zero-order chi connectivity index (χ0) is 10.6. The van der Waals surface area contributed by atoms with Crippen molar-refractivity contribution >= 4 is 10.0 Å². The van der Waals surface area contributed by atoms with Gasteiger partial charge < -0.3 is 5.32 Å². The summed E-state index contributed by atoms with van der Waals surface area (Å²) in [5.74, 6) is 0. The van der Waals surface area contributed by atoms with E-state index in [1.807, 2.05) is 0 Å². The molecule has 4 nitrogen and oxygen atoms in total. The minimum Gasteiger partial charge on any atom is -0.315 e. The van der Waals surface area contributed by atoms with Crippen molar-refractivity contribution < 1.29 is 8.42 Å². The van der Waals surface area contributed by atoms with E-state index < -0.39 is 10.0 Å². The second kappa shape index (κ2) is 4.91. The van der Waals surface area contributed by atoms with Crippen LogP contribution in [0.5, 0.6) is 0 Å². The Hall–Kier alpha value is -0.390. The summed E-state index contributed by atoms with van der Waals surface area (Å²) in [7, 11) is -1.52. The van der Waals surface area contributed by atoms with E-state index in [9.17, 15) is 8.42 Å². The maximum absolute atomic E-state index is 11.9. The molecule has 0 saturated carbocycles. The summed E-state index contributed by atoms with van der Waals surface area (Å²) < 4.78 is 25.2. The third kappa shape index (κ3) is 2.56. The van der Waals surface area contributed by atoms with Crippen LogP contribution >= 0.6 is 0 Å². The Bertz CT molecular complexity index is 281. The van der Waals surface area contributed by atoms with Crippen LogP contribution in [-0.2, 0) is 10.0 Å². The Morgan fingerprint density at radius 3 is 2.86 bits per heavy atom. The summed E-state index contributed by atoms with van der Waals surface area (Å²) in [6, 6.07) is 0. The second-order valence-corrected chi connectivity index (χ2v) is 5.90. The number of likely N-dealkylation sites (N-methyl/N-ethyl adjacent to an activating group) is 1. The molecule has 0 radical (unpaired) electrons. The van der Waals surface area contributed by atoms with Gasteiger partial charge in [0.25, 0.3) is 0 Å². The van der Waals surface area contributed by atoms with E-state index in [-0.39, 0.29) is 5.25 Å². The Kier molecular flexibility index (Phi) is 4.10. The molecule has 1 unspecified atom stereocenters. The van der Waals surface area contributed by atoms with Gasteiger partial charge in [0.2, 0.25) is 10.0 Å². The fourth-order valence-electron chi connectivity index (χ4n) is 1.61. The Labute approximate surface area is 86.0 Å². The van der Waals surface area contributed by atoms with Crippen molar-refractivity contribution in [1.82, 2.24) is 9.62 Å². The van der Waals surface area contributed by atoms with E-state index in [0.29, 0.717) is 13.1 Å². The van der Waals surface area contributed by atoms with Gasteiger partial charge >= 0.3 is 0 Å². The van der Waals surface area contributed by atoms with Gasteiger partial charge in [-0.25, -0.2) is 12.7 Å². The zero-order valence-electron chi connectivity index (χ0n) is 8.57. The van der Waals surface area contributed by atoms with E-state index in [4.69, 9.17) is 0 Å². The van der Waals surface area contributed by atoms with Gasteiger partial charge in [-0.2, -0.15) is 0 Å². The van der Waals surface area contributed by atoms with Gasteiger partial charge in [-0.3, -0.25) is 0 Å². The number of nitrogens with one attached hydrogen (secondary N) is 1. The molecule has 1 rings (SSSR count). The minimum atomic E-state index is -3.12. The first kappa shape index (κ1) is 11.7. The van der Waals surface area contributed by atoms with Crippen molar-refractivity contribution in [2.24, 2.45) is 0 Å². The number of nitrogens with zero attached hydrogens (tertiary/aromatic N) is 1. The van der Waals surface area contributed by atoms with Gasteiger partial charge in [0.05, 0.1) is 5.25 Å². The highest BCUT2D eigenvalue weighted by atomic mass is 32.2. The number of piperidine rings is 1. The first-order valence-corrected chi connectivity index (χ1v) is 6.36. The molecule has 0 aliphatic carbocycles. The van der Waals surface area contributed by atoms with Crippen molar-refractivity contribution in [3.8, 4) is 0 Å². The average Bonchev–Trinajstić information content (AvgIpc) is 2.19. The minimum absolute atomic E-state index is 0.263. The molecular formula is C9H18N2O2S. The van der Waals surface area contributed by atoms with Crippen LogP contribution in [0, 0.1) is 0 Å². The zero-order valence-corrected chi connectivity index (χ0v) is 9.39. The second-order valence-electron chi connectivity index (χ2n) is 3.58. The number of hydrogen-bond acceptors (Lipinski definition) is 3. The lowest BCUT2D eigenvalue weighted by Crippen LogP contribution is -2.44. The van der Waals surface area contributed by atoms with E-state index in [1.165, 1.54) is 4.31 Å². The van der Waals surface area contributed by atoms with Crippen molar-refractivity contribution in [2.75, 3.05) is 26.7 Å². The van der Waals surface area contributed by atoms with Crippen LogP contribution < -0.4 is 5.32 Å². The van der Waals surface area contributed by atoms with E-state index in [2.05, 4.69) is 11.9 Å². The predicted molar refractivity (Wildman–Crippen MR) is 57.6 cm³/mol. The standard InChI is InChI=1S/C9H18N2O2S/c1-3-7-11(2)14(12,13)9-5-4-6-10-8-9/h3,9-10H,1,4-8H2,2H3. The lowest BCUT2D eigenvalue weighted by molar-refractivity contribution is 0.448. The fourth-order valence-corrected chi connectivity index (χ4v) is 3.23. The normalized spacial score (nSPS) is 23.7. The molecule has 1 saturated heterocycles. The largest absolute Gasteiger partial charge is 0.315 e. The predicted octanol–water partition coefficient (Wildman–Crippen LogP) is 0.186. The third-order valence-corrected chi connectivity index (χ3v) is 4.76. The van der Waals surface area contributed by atoms with Crippen LogP contribution in [0.15, 0.2) is 12.7 Å². The number of sulfonamides is 1. The molecule has 0 aromatic rings. The topological polar surface area (TPSA) is 49.4 Å². The highest BCUT2D eigenvalue weighted by Gasteiger charge is 2.29. The summed E-state index contributed by atoms with van der Waals surface area (Å²) >= 11 is 0. The van der Waals surface area contributed by atoms with E-state index in [1.54, 1.807) is 13.1 Å². The van der Waals surface area contributed by atoms with Crippen molar-refractivity contribution in [1.29, 1.82) is 0 Å². The monoisotopic (exact) mass is 218 g/mol. The molecule has 0 bridgehead atoms. The summed E-state index contributed by atoms with van der Waals surface area (Å²) in [6.07, 6.45) is 3.30. The van der Waals surface area contributed by atoms with Gasteiger partial charge in [0.1, 0.15) is 0 Å². The van der Waals surface area contributed by atoms with Gasteiger partial charge in [-0.05, 0) is 19.4 Å². The molecule has 5 heteroatoms. The van der Waals surface area contributed by atoms with Gasteiger partial charge in [-0.15, -0.1) is 6.58 Å². The lowest BCUT2D eigenvalue weighted by Gasteiger charge is -2.26. The molecule has 1 fully saturated rings. The first-order valence-electron chi connectivity index (χ1n) is 4.86. The molecule has 14 heavy (non-hydrogen) atoms. The van der Waals surface area contributed by atoms with E-state index >= 15 is 0 Å². The smallest absolute Gasteiger partial charge is 0.218 e. The molecule has 0 spiro atoms. The van der Waals surface area contributed by atoms with Gasteiger partial charge in [0, 0.05) is 20.1 Å². The van der Waals surface area contributed by atoms with Crippen LogP contribution in [-0.4, -0.2) is 44.7 Å². The van der Waals surface area contributed by atoms with Crippen molar-refractivity contribution in [2.45, 2.75) is 18.1 Å². The van der Waals surface area contributed by atoms with Crippen LogP contribution in [0.2, 0.25) is 0 Å². The summed E-state index contributed by atoms with van der Waals surface area (Å²) in [4.78, 5) is 0. The SMILES string of the molecule is C=CCN(C)S(=O)(=O)C1CCCNC1. The van der Waals surface area contributed by atoms with Gasteiger partial charge in [0.15, 0.2) is 0 Å². The highest BCUT2D eigenvalue weighted by Crippen LogP contribution is 2.14. The lowest BCUT2D eigenvalue weighted by atomic mass is 10.2. The Morgan fingerprint density at radius 2 is 2.36 bits per heavy atom. The molecule has 1 N–H and O–H groups in total. The Morgan fingerprint density at radius 1 is 1.64 bits per heavy atom. The fraction of sp³-hybridized carbons (Fsp3) is 0.778.